The first-order valence-electron chi connectivity index (χ1n) is 5.53. The van der Waals surface area contributed by atoms with E-state index in [1.807, 2.05) is 39.0 Å². The van der Waals surface area contributed by atoms with E-state index in [4.69, 9.17) is 16.3 Å². The number of nitrogens with one attached hydrogen (secondary N) is 1. The molecule has 1 N–H and O–H groups in total. The minimum atomic E-state index is -0.479. The fourth-order valence-corrected chi connectivity index (χ4v) is 1.45. The van der Waals surface area contributed by atoms with E-state index in [0.29, 0.717) is 5.02 Å². The van der Waals surface area contributed by atoms with Crippen LogP contribution in [0.2, 0.25) is 5.02 Å². The van der Waals surface area contributed by atoms with Crippen molar-refractivity contribution in [3.05, 3.63) is 29.3 Å². The normalized spacial score (nSPS) is 13.0. The highest BCUT2D eigenvalue weighted by molar-refractivity contribution is 6.33. The number of benzene rings is 1. The van der Waals surface area contributed by atoms with Crippen molar-refractivity contribution in [2.24, 2.45) is 0 Å². The fraction of sp³-hybridized carbons (Fsp3) is 0.462. The second-order valence-electron chi connectivity index (χ2n) is 4.88. The van der Waals surface area contributed by atoms with Gasteiger partial charge in [-0.1, -0.05) is 23.7 Å². The molecule has 0 amide bonds. The van der Waals surface area contributed by atoms with E-state index in [-0.39, 0.29) is 5.97 Å². The molecule has 1 rings (SSSR count). The van der Waals surface area contributed by atoms with Crippen LogP contribution in [0.3, 0.4) is 0 Å². The van der Waals surface area contributed by atoms with E-state index in [9.17, 15) is 4.79 Å². The molecule has 4 heteroatoms. The number of ether oxygens (including phenoxy) is 1. The molecule has 0 bridgehead atoms. The summed E-state index contributed by atoms with van der Waals surface area (Å²) < 4.78 is 5.27. The highest BCUT2D eigenvalue weighted by atomic mass is 35.5. The van der Waals surface area contributed by atoms with Crippen LogP contribution in [0.15, 0.2) is 24.3 Å². The molecule has 0 fully saturated rings. The number of hydrogen-bond acceptors (Lipinski definition) is 3. The fourth-order valence-electron chi connectivity index (χ4n) is 1.26. The van der Waals surface area contributed by atoms with Crippen LogP contribution in [0.1, 0.15) is 27.7 Å². The van der Waals surface area contributed by atoms with E-state index >= 15 is 0 Å². The molecule has 1 atom stereocenters. The number of hydrogen-bond donors (Lipinski definition) is 1. The molecule has 3 nitrogen and oxygen atoms in total. The standard InChI is InChI=1S/C13H18ClNO2/c1-9(12(16)17-13(2,3)4)15-11-8-6-5-7-10(11)14/h5-9,15H,1-4H3. The maximum absolute atomic E-state index is 11.7. The summed E-state index contributed by atoms with van der Waals surface area (Å²) in [6.07, 6.45) is 0. The average molecular weight is 256 g/mol. The first-order chi connectivity index (χ1) is 7.79. The lowest BCUT2D eigenvalue weighted by Crippen LogP contribution is -2.34. The van der Waals surface area contributed by atoms with Crippen LogP contribution >= 0.6 is 11.6 Å². The Balaban J connectivity index is 2.64. The number of halogens is 1. The van der Waals surface area contributed by atoms with Crippen molar-refractivity contribution >= 4 is 23.3 Å². The molecule has 94 valence electrons. The van der Waals surface area contributed by atoms with Crippen LogP contribution in [0.25, 0.3) is 0 Å². The molecular formula is C13H18ClNO2. The monoisotopic (exact) mass is 255 g/mol. The summed E-state index contributed by atoms with van der Waals surface area (Å²) in [7, 11) is 0. The zero-order chi connectivity index (χ0) is 13.1. The lowest BCUT2D eigenvalue weighted by atomic mass is 10.2. The molecule has 1 aromatic rings. The van der Waals surface area contributed by atoms with E-state index in [2.05, 4.69) is 5.32 Å². The molecule has 1 aromatic carbocycles. The van der Waals surface area contributed by atoms with E-state index in [1.54, 1.807) is 13.0 Å². The van der Waals surface area contributed by atoms with Gasteiger partial charge in [-0.25, -0.2) is 4.79 Å². The number of carbonyl (C=O) groups excluding carboxylic acids is 1. The van der Waals surface area contributed by atoms with Crippen molar-refractivity contribution in [2.45, 2.75) is 39.3 Å². The van der Waals surface area contributed by atoms with Crippen LogP contribution < -0.4 is 5.32 Å². The van der Waals surface area contributed by atoms with Crippen molar-refractivity contribution in [1.29, 1.82) is 0 Å². The highest BCUT2D eigenvalue weighted by Crippen LogP contribution is 2.21. The SMILES string of the molecule is CC(Nc1ccccc1Cl)C(=O)OC(C)(C)C. The predicted molar refractivity (Wildman–Crippen MR) is 70.4 cm³/mol. The summed E-state index contributed by atoms with van der Waals surface area (Å²) in [6.45, 7) is 7.27. The number of para-hydroxylation sites is 1. The van der Waals surface area contributed by atoms with E-state index in [0.717, 1.165) is 5.69 Å². The maximum atomic E-state index is 11.7. The Labute approximate surface area is 107 Å². The molecule has 0 aromatic heterocycles. The largest absolute Gasteiger partial charge is 0.458 e. The van der Waals surface area contributed by atoms with Crippen LogP contribution in [0.4, 0.5) is 5.69 Å². The van der Waals surface area contributed by atoms with Crippen molar-refractivity contribution in [3.8, 4) is 0 Å². The maximum Gasteiger partial charge on any atom is 0.328 e. The van der Waals surface area contributed by atoms with Gasteiger partial charge >= 0.3 is 5.97 Å². The molecule has 0 saturated heterocycles. The molecule has 0 heterocycles. The van der Waals surface area contributed by atoms with Crippen LogP contribution in [0, 0.1) is 0 Å². The molecule has 0 aliphatic rings. The van der Waals surface area contributed by atoms with Crippen molar-refractivity contribution < 1.29 is 9.53 Å². The first-order valence-corrected chi connectivity index (χ1v) is 5.91. The zero-order valence-electron chi connectivity index (χ0n) is 10.6. The smallest absolute Gasteiger partial charge is 0.328 e. The second-order valence-corrected chi connectivity index (χ2v) is 5.29. The molecule has 1 unspecified atom stereocenters. The van der Waals surface area contributed by atoms with Gasteiger partial charge in [0.2, 0.25) is 0 Å². The van der Waals surface area contributed by atoms with Gasteiger partial charge in [-0.3, -0.25) is 0 Å². The molecule has 0 aliphatic carbocycles. The van der Waals surface area contributed by atoms with Gasteiger partial charge in [0.25, 0.3) is 0 Å². The molecule has 0 radical (unpaired) electrons. The lowest BCUT2D eigenvalue weighted by Gasteiger charge is -2.23. The second kappa shape index (κ2) is 5.41. The minimum absolute atomic E-state index is 0.294. The summed E-state index contributed by atoms with van der Waals surface area (Å²) >= 11 is 5.99. The topological polar surface area (TPSA) is 38.3 Å². The summed E-state index contributed by atoms with van der Waals surface area (Å²) in [6, 6.07) is 6.85. The highest BCUT2D eigenvalue weighted by Gasteiger charge is 2.21. The van der Waals surface area contributed by atoms with Gasteiger partial charge in [-0.15, -0.1) is 0 Å². The molecule has 0 saturated carbocycles. The third kappa shape index (κ3) is 4.65. The molecule has 0 spiro atoms. The van der Waals surface area contributed by atoms with Gasteiger partial charge in [0.1, 0.15) is 11.6 Å². The van der Waals surface area contributed by atoms with Gasteiger partial charge in [-0.2, -0.15) is 0 Å². The lowest BCUT2D eigenvalue weighted by molar-refractivity contribution is -0.155. The van der Waals surface area contributed by atoms with Gasteiger partial charge in [0, 0.05) is 0 Å². The Morgan fingerprint density at radius 3 is 2.47 bits per heavy atom. The summed E-state index contributed by atoms with van der Waals surface area (Å²) in [5, 5.41) is 3.61. The van der Waals surface area contributed by atoms with E-state index < -0.39 is 11.6 Å². The Hall–Kier alpha value is -1.22. The molecule has 17 heavy (non-hydrogen) atoms. The summed E-state index contributed by atoms with van der Waals surface area (Å²) in [5.74, 6) is -0.294. The number of rotatable bonds is 3. The Bertz CT molecular complexity index is 399. The van der Waals surface area contributed by atoms with Crippen LogP contribution in [-0.2, 0) is 9.53 Å². The summed E-state index contributed by atoms with van der Waals surface area (Å²) in [5.41, 5.74) is 0.251. The van der Waals surface area contributed by atoms with Gasteiger partial charge in [-0.05, 0) is 39.8 Å². The molecular weight excluding hydrogens is 238 g/mol. The zero-order valence-corrected chi connectivity index (χ0v) is 11.3. The van der Waals surface area contributed by atoms with Gasteiger partial charge in [0.15, 0.2) is 0 Å². The van der Waals surface area contributed by atoms with Crippen LogP contribution in [0.5, 0.6) is 0 Å². The third-order valence-electron chi connectivity index (χ3n) is 2.01. The van der Waals surface area contributed by atoms with Crippen molar-refractivity contribution in [2.75, 3.05) is 5.32 Å². The van der Waals surface area contributed by atoms with Crippen molar-refractivity contribution in [1.82, 2.24) is 0 Å². The Morgan fingerprint density at radius 1 is 1.35 bits per heavy atom. The minimum Gasteiger partial charge on any atom is -0.458 e. The first kappa shape index (κ1) is 13.8. The van der Waals surface area contributed by atoms with Crippen molar-refractivity contribution in [3.63, 3.8) is 0 Å². The van der Waals surface area contributed by atoms with Gasteiger partial charge < -0.3 is 10.1 Å². The number of carbonyl (C=O) groups is 1. The number of anilines is 1. The summed E-state index contributed by atoms with van der Waals surface area (Å²) in [4.78, 5) is 11.7. The number of esters is 1. The Kier molecular flexibility index (Phi) is 4.40. The Morgan fingerprint density at radius 2 is 1.94 bits per heavy atom. The average Bonchev–Trinajstić information content (AvgIpc) is 2.18. The predicted octanol–water partition coefficient (Wildman–Crippen LogP) is 3.48. The van der Waals surface area contributed by atoms with E-state index in [1.165, 1.54) is 0 Å². The molecule has 0 aliphatic heterocycles. The quantitative estimate of drug-likeness (QED) is 0.841. The van der Waals surface area contributed by atoms with Gasteiger partial charge in [0.05, 0.1) is 10.7 Å². The third-order valence-corrected chi connectivity index (χ3v) is 2.34. The van der Waals surface area contributed by atoms with Crippen LogP contribution in [-0.4, -0.2) is 17.6 Å².